The van der Waals surface area contributed by atoms with Crippen molar-refractivity contribution in [3.05, 3.63) is 83.1 Å². The molecular weight excluding hydrogens is 526 g/mol. The fourth-order valence-corrected chi connectivity index (χ4v) is 5.74. The fourth-order valence-electron chi connectivity index (χ4n) is 4.88. The summed E-state index contributed by atoms with van der Waals surface area (Å²) in [6.45, 7) is 5.43. The molecule has 9 nitrogen and oxygen atoms in total. The van der Waals surface area contributed by atoms with Crippen LogP contribution in [0, 0.1) is 5.92 Å². The molecular formula is C30H33N5O4S. The number of nitrogens with one attached hydrogen (secondary N) is 1. The van der Waals surface area contributed by atoms with Crippen molar-refractivity contribution in [3.8, 4) is 5.75 Å². The molecule has 0 saturated carbocycles. The van der Waals surface area contributed by atoms with Gasteiger partial charge in [0.2, 0.25) is 0 Å². The van der Waals surface area contributed by atoms with Gasteiger partial charge in [0.25, 0.3) is 11.8 Å². The van der Waals surface area contributed by atoms with Crippen LogP contribution in [0.1, 0.15) is 39.6 Å². The van der Waals surface area contributed by atoms with Crippen molar-refractivity contribution in [3.63, 3.8) is 0 Å². The third kappa shape index (κ3) is 5.99. The molecule has 0 bridgehead atoms. The van der Waals surface area contributed by atoms with Crippen molar-refractivity contribution in [2.45, 2.75) is 32.5 Å². The lowest BCUT2D eigenvalue weighted by atomic mass is 9.99. The third-order valence-corrected chi connectivity index (χ3v) is 8.16. The fraction of sp³-hybridized carbons (Fsp3) is 0.333. The summed E-state index contributed by atoms with van der Waals surface area (Å²) < 4.78 is 7.54. The first-order valence-corrected chi connectivity index (χ1v) is 14.1. The maximum absolute atomic E-state index is 13.7. The van der Waals surface area contributed by atoms with Gasteiger partial charge in [-0.1, -0.05) is 25.1 Å². The van der Waals surface area contributed by atoms with Crippen LogP contribution in [-0.4, -0.2) is 75.6 Å². The summed E-state index contributed by atoms with van der Waals surface area (Å²) in [6.07, 6.45) is 3.25. The van der Waals surface area contributed by atoms with Gasteiger partial charge in [-0.2, -0.15) is 0 Å². The Morgan fingerprint density at radius 1 is 1.20 bits per heavy atom. The summed E-state index contributed by atoms with van der Waals surface area (Å²) >= 11 is 1.31. The van der Waals surface area contributed by atoms with Crippen molar-refractivity contribution >= 4 is 39.1 Å². The molecule has 2 aromatic heterocycles. The number of anilines is 1. The zero-order valence-corrected chi connectivity index (χ0v) is 23.6. The number of hydrogen-bond donors (Lipinski definition) is 2. The highest BCUT2D eigenvalue weighted by Gasteiger charge is 2.34. The second-order valence-electron chi connectivity index (χ2n) is 10.3. The minimum absolute atomic E-state index is 0.0565. The van der Waals surface area contributed by atoms with Gasteiger partial charge in [0.15, 0.2) is 10.8 Å². The zero-order chi connectivity index (χ0) is 28.2. The first-order chi connectivity index (χ1) is 19.3. The lowest BCUT2D eigenvalue weighted by Gasteiger charge is -2.38. The Balaban J connectivity index is 1.47. The molecule has 10 heteroatoms. The molecule has 3 heterocycles. The van der Waals surface area contributed by atoms with Crippen LogP contribution in [0.15, 0.2) is 67.0 Å². The molecule has 40 heavy (non-hydrogen) atoms. The highest BCUT2D eigenvalue weighted by atomic mass is 32.1. The van der Waals surface area contributed by atoms with Crippen molar-refractivity contribution in [2.24, 2.45) is 5.92 Å². The minimum Gasteiger partial charge on any atom is -0.486 e. The van der Waals surface area contributed by atoms with Crippen LogP contribution in [0.5, 0.6) is 5.75 Å². The summed E-state index contributed by atoms with van der Waals surface area (Å²) in [7, 11) is 2.02. The van der Waals surface area contributed by atoms with Gasteiger partial charge in [0, 0.05) is 37.9 Å². The zero-order valence-electron chi connectivity index (χ0n) is 22.8. The molecule has 2 N–H and O–H groups in total. The molecule has 1 aliphatic heterocycles. The Bertz CT molecular complexity index is 1460. The number of carbonyl (C=O) groups is 2. The Labute approximate surface area is 237 Å². The molecule has 0 fully saturated rings. The Hall–Kier alpha value is -3.86. The SMILES string of the molecule is C[C@H]1CN([C@@H](C)CO)C(=O)c2cccc(NC(=O)c3nc4ccccc4s3)c2O[C@@H]1CN(C)Cc1ccncc1. The topological polar surface area (TPSA) is 108 Å². The van der Waals surface area contributed by atoms with E-state index < -0.39 is 0 Å². The maximum Gasteiger partial charge on any atom is 0.284 e. The van der Waals surface area contributed by atoms with Crippen molar-refractivity contribution in [1.82, 2.24) is 19.8 Å². The van der Waals surface area contributed by atoms with Crippen LogP contribution in [-0.2, 0) is 6.54 Å². The predicted octanol–water partition coefficient (Wildman–Crippen LogP) is 4.30. The van der Waals surface area contributed by atoms with Crippen LogP contribution in [0.4, 0.5) is 5.69 Å². The van der Waals surface area contributed by atoms with Crippen LogP contribution in [0.3, 0.4) is 0 Å². The number of carbonyl (C=O) groups excluding carboxylic acids is 2. The van der Waals surface area contributed by atoms with E-state index >= 15 is 0 Å². The molecule has 2 amide bonds. The highest BCUT2D eigenvalue weighted by Crippen LogP contribution is 2.35. The molecule has 5 rings (SSSR count). The molecule has 4 aromatic rings. The van der Waals surface area contributed by atoms with Gasteiger partial charge >= 0.3 is 0 Å². The molecule has 0 saturated heterocycles. The van der Waals surface area contributed by atoms with Gasteiger partial charge in [-0.05, 0) is 55.9 Å². The Kier molecular flexibility index (Phi) is 8.39. The number of aliphatic hydroxyl groups excluding tert-OH is 1. The van der Waals surface area contributed by atoms with E-state index in [1.54, 1.807) is 35.5 Å². The third-order valence-electron chi connectivity index (χ3n) is 7.12. The van der Waals surface area contributed by atoms with Crippen LogP contribution in [0.2, 0.25) is 0 Å². The largest absolute Gasteiger partial charge is 0.486 e. The number of pyridine rings is 1. The average Bonchev–Trinajstić information content (AvgIpc) is 3.40. The summed E-state index contributed by atoms with van der Waals surface area (Å²) in [5.41, 5.74) is 2.64. The number of thiazole rings is 1. The smallest absolute Gasteiger partial charge is 0.284 e. The summed E-state index contributed by atoms with van der Waals surface area (Å²) in [4.78, 5) is 39.5. The average molecular weight is 560 g/mol. The van der Waals surface area contributed by atoms with E-state index in [0.717, 1.165) is 15.8 Å². The first kappa shape index (κ1) is 27.7. The van der Waals surface area contributed by atoms with Gasteiger partial charge in [0.05, 0.1) is 34.1 Å². The van der Waals surface area contributed by atoms with E-state index in [2.05, 4.69) is 20.2 Å². The number of para-hydroxylation sites is 2. The molecule has 0 aliphatic carbocycles. The van der Waals surface area contributed by atoms with Gasteiger partial charge < -0.3 is 20.1 Å². The second-order valence-corrected chi connectivity index (χ2v) is 11.3. The maximum atomic E-state index is 13.7. The minimum atomic E-state index is -0.378. The molecule has 208 valence electrons. The van der Waals surface area contributed by atoms with E-state index in [1.807, 2.05) is 57.3 Å². The summed E-state index contributed by atoms with van der Waals surface area (Å²) in [6, 6.07) is 16.3. The lowest BCUT2D eigenvalue weighted by Crippen LogP contribution is -2.49. The normalized spacial score (nSPS) is 18.1. The molecule has 0 spiro atoms. The van der Waals surface area contributed by atoms with E-state index in [9.17, 15) is 14.7 Å². The molecule has 1 aliphatic rings. The van der Waals surface area contributed by atoms with Gasteiger partial charge in [-0.3, -0.25) is 19.5 Å². The van der Waals surface area contributed by atoms with E-state index in [-0.39, 0.29) is 36.5 Å². The summed E-state index contributed by atoms with van der Waals surface area (Å²) in [5.74, 6) is -0.347. The summed E-state index contributed by atoms with van der Waals surface area (Å²) in [5, 5.41) is 13.2. The predicted molar refractivity (Wildman–Crippen MR) is 156 cm³/mol. The van der Waals surface area contributed by atoms with E-state index in [1.165, 1.54) is 11.3 Å². The van der Waals surface area contributed by atoms with Crippen molar-refractivity contribution < 1.29 is 19.4 Å². The number of aromatic nitrogens is 2. The molecule has 2 aromatic carbocycles. The van der Waals surface area contributed by atoms with Crippen LogP contribution in [0.25, 0.3) is 10.2 Å². The van der Waals surface area contributed by atoms with Crippen molar-refractivity contribution in [1.29, 1.82) is 0 Å². The monoisotopic (exact) mass is 559 g/mol. The quantitative estimate of drug-likeness (QED) is 0.332. The molecule has 0 unspecified atom stereocenters. The van der Waals surface area contributed by atoms with E-state index in [4.69, 9.17) is 4.74 Å². The van der Waals surface area contributed by atoms with E-state index in [0.29, 0.717) is 41.6 Å². The van der Waals surface area contributed by atoms with Gasteiger partial charge in [0.1, 0.15) is 6.10 Å². The Morgan fingerprint density at radius 3 is 2.73 bits per heavy atom. The van der Waals surface area contributed by atoms with Gasteiger partial charge in [-0.15, -0.1) is 11.3 Å². The second kappa shape index (κ2) is 12.1. The van der Waals surface area contributed by atoms with Crippen molar-refractivity contribution in [2.75, 3.05) is 32.1 Å². The Morgan fingerprint density at radius 2 is 1.98 bits per heavy atom. The number of aliphatic hydroxyl groups is 1. The number of hydrogen-bond acceptors (Lipinski definition) is 8. The molecule has 3 atom stereocenters. The number of amides is 2. The number of fused-ring (bicyclic) bond motifs is 2. The number of nitrogens with zero attached hydrogens (tertiary/aromatic N) is 4. The highest BCUT2D eigenvalue weighted by molar-refractivity contribution is 7.20. The lowest BCUT2D eigenvalue weighted by molar-refractivity contribution is 0.0343. The van der Waals surface area contributed by atoms with Crippen LogP contribution >= 0.6 is 11.3 Å². The van der Waals surface area contributed by atoms with Gasteiger partial charge in [-0.25, -0.2) is 4.98 Å². The first-order valence-electron chi connectivity index (χ1n) is 13.3. The number of ether oxygens (including phenoxy) is 1. The standard InChI is InChI=1S/C30H33N5O4S/c1-19-15-35(20(2)18-36)30(38)22-7-6-9-24(32-28(37)29-33-23-8-4-5-10-26(23)40-29)27(22)39-25(19)17-34(3)16-21-11-13-31-14-12-21/h4-14,19-20,25,36H,15-18H2,1-3H3,(H,32,37)/t19-,20-,25+/m0/s1. The number of likely N-dealkylation sites (N-methyl/N-ethyl adjacent to an activating group) is 1. The van der Waals surface area contributed by atoms with Crippen LogP contribution < -0.4 is 10.1 Å². The molecule has 0 radical (unpaired) electrons. The number of rotatable bonds is 8. The number of benzene rings is 2.